The molecule has 3 rings (SSSR count). The molecule has 0 atom stereocenters. The Hall–Kier alpha value is -1.17. The van der Waals surface area contributed by atoms with E-state index in [-0.39, 0.29) is 0 Å². The molecule has 0 aliphatic heterocycles. The van der Waals surface area contributed by atoms with Crippen molar-refractivity contribution in [3.05, 3.63) is 60.7 Å². The van der Waals surface area contributed by atoms with Gasteiger partial charge in [0.25, 0.3) is 0 Å². The van der Waals surface area contributed by atoms with Crippen molar-refractivity contribution in [1.29, 1.82) is 0 Å². The largest absolute Gasteiger partial charge is 0.285 e. The average Bonchev–Trinajstić information content (AvgIpc) is 2.55. The van der Waals surface area contributed by atoms with Gasteiger partial charge < -0.3 is 0 Å². The van der Waals surface area contributed by atoms with Gasteiger partial charge >= 0.3 is 0 Å². The van der Waals surface area contributed by atoms with Crippen LogP contribution in [0.2, 0.25) is 0 Å². The van der Waals surface area contributed by atoms with Crippen LogP contribution in [0.3, 0.4) is 0 Å². The lowest BCUT2D eigenvalue weighted by Gasteiger charge is -2.29. The van der Waals surface area contributed by atoms with E-state index in [9.17, 15) is 0 Å². The van der Waals surface area contributed by atoms with Gasteiger partial charge in [0, 0.05) is 14.1 Å². The first-order chi connectivity index (χ1) is 9.93. The zero-order valence-electron chi connectivity index (χ0n) is 11.8. The molecule has 1 N–H and O–H groups in total. The lowest BCUT2D eigenvalue weighted by Crippen LogP contribution is -2.33. The number of hydrogen-bond acceptors (Lipinski definition) is 1. The van der Waals surface area contributed by atoms with E-state index in [1.54, 1.807) is 0 Å². The minimum absolute atomic E-state index is 0.424. The summed E-state index contributed by atoms with van der Waals surface area (Å²) in [5.74, 6) is 0. The summed E-state index contributed by atoms with van der Waals surface area (Å²) < 4.78 is 0. The van der Waals surface area contributed by atoms with Crippen LogP contribution in [-0.4, -0.2) is 6.04 Å². The maximum Gasteiger partial charge on any atom is 0.0255 e. The predicted octanol–water partition coefficient (Wildman–Crippen LogP) is 3.96. The fourth-order valence-electron chi connectivity index (χ4n) is 2.87. The normalized spacial score (nSPS) is 16.4. The van der Waals surface area contributed by atoms with Gasteiger partial charge in [-0.2, -0.15) is 0 Å². The molecule has 2 aromatic rings. The zero-order chi connectivity index (χ0) is 13.6. The van der Waals surface area contributed by atoms with Crippen molar-refractivity contribution in [2.45, 2.75) is 38.1 Å². The highest BCUT2D eigenvalue weighted by Crippen LogP contribution is 2.32. The Balaban J connectivity index is 1.83. The molecule has 2 heteroatoms. The van der Waals surface area contributed by atoms with Crippen molar-refractivity contribution in [2.24, 2.45) is 0 Å². The zero-order valence-corrected chi connectivity index (χ0v) is 12.7. The molecule has 1 nitrogen and oxygen atoms in total. The number of hydrogen-bond donors (Lipinski definition) is 1. The summed E-state index contributed by atoms with van der Waals surface area (Å²) in [7, 11) is -0.424. The van der Waals surface area contributed by atoms with Crippen molar-refractivity contribution in [3.63, 3.8) is 0 Å². The van der Waals surface area contributed by atoms with E-state index in [0.717, 1.165) is 0 Å². The van der Waals surface area contributed by atoms with Crippen LogP contribution in [0, 0.1) is 0 Å². The van der Waals surface area contributed by atoms with E-state index in [0.29, 0.717) is 6.04 Å². The average molecular weight is 283 g/mol. The summed E-state index contributed by atoms with van der Waals surface area (Å²) in [6, 6.07) is 22.5. The van der Waals surface area contributed by atoms with E-state index in [1.165, 1.54) is 42.7 Å². The Bertz CT molecular complexity index is 466. The first kappa shape index (κ1) is 13.8. The van der Waals surface area contributed by atoms with Crippen molar-refractivity contribution < 1.29 is 0 Å². The Morgan fingerprint density at radius 3 is 1.70 bits per heavy atom. The second kappa shape index (κ2) is 7.02. The van der Waals surface area contributed by atoms with Gasteiger partial charge in [-0.15, -0.1) is 0 Å². The first-order valence-corrected chi connectivity index (χ1v) is 8.94. The molecule has 0 spiro atoms. The van der Waals surface area contributed by atoms with Gasteiger partial charge in [0.05, 0.1) is 0 Å². The fraction of sp³-hybridized carbons (Fsp3) is 0.333. The van der Waals surface area contributed by atoms with Gasteiger partial charge in [-0.05, 0) is 23.5 Å². The Labute approximate surface area is 123 Å². The predicted molar refractivity (Wildman–Crippen MR) is 89.1 cm³/mol. The lowest BCUT2D eigenvalue weighted by atomic mass is 9.96. The molecule has 20 heavy (non-hydrogen) atoms. The van der Waals surface area contributed by atoms with Gasteiger partial charge in [0.15, 0.2) is 0 Å². The van der Waals surface area contributed by atoms with E-state index in [4.69, 9.17) is 0 Å². The molecule has 0 bridgehead atoms. The summed E-state index contributed by atoms with van der Waals surface area (Å²) in [5, 5.41) is 6.81. The summed E-state index contributed by atoms with van der Waals surface area (Å²) in [5.41, 5.74) is 0. The van der Waals surface area contributed by atoms with Gasteiger partial charge in [-0.25, -0.2) is 0 Å². The molecule has 104 valence electrons. The maximum atomic E-state index is 3.95. The first-order valence-electron chi connectivity index (χ1n) is 7.60. The molecule has 1 fully saturated rings. The number of benzene rings is 2. The molecular formula is C18H22NP. The topological polar surface area (TPSA) is 12.0 Å². The van der Waals surface area contributed by atoms with Crippen LogP contribution in [0.1, 0.15) is 32.1 Å². The molecule has 0 radical (unpaired) electrons. The maximum absolute atomic E-state index is 3.95. The van der Waals surface area contributed by atoms with E-state index >= 15 is 0 Å². The Morgan fingerprint density at radius 2 is 1.20 bits per heavy atom. The van der Waals surface area contributed by atoms with Gasteiger partial charge in [0.2, 0.25) is 0 Å². The third-order valence-corrected chi connectivity index (χ3v) is 6.20. The third kappa shape index (κ3) is 3.48. The summed E-state index contributed by atoms with van der Waals surface area (Å²) in [4.78, 5) is 0. The molecule has 2 aromatic carbocycles. The summed E-state index contributed by atoms with van der Waals surface area (Å²) in [6.45, 7) is 0. The molecule has 0 saturated heterocycles. The molecule has 0 amide bonds. The van der Waals surface area contributed by atoms with Crippen molar-refractivity contribution in [3.8, 4) is 0 Å². The molecule has 1 saturated carbocycles. The molecule has 0 unspecified atom stereocenters. The van der Waals surface area contributed by atoms with Crippen LogP contribution in [-0.2, 0) is 0 Å². The van der Waals surface area contributed by atoms with Gasteiger partial charge in [-0.3, -0.25) is 5.09 Å². The van der Waals surface area contributed by atoms with Crippen LogP contribution in [0.5, 0.6) is 0 Å². The number of rotatable bonds is 4. The van der Waals surface area contributed by atoms with Crippen LogP contribution < -0.4 is 15.7 Å². The highest BCUT2D eigenvalue weighted by Gasteiger charge is 2.20. The highest BCUT2D eigenvalue weighted by atomic mass is 31.1. The van der Waals surface area contributed by atoms with Crippen LogP contribution >= 0.6 is 8.07 Å². The SMILES string of the molecule is c1ccc(P(NC2CCCCC2)c2ccccc2)cc1. The van der Waals surface area contributed by atoms with Crippen LogP contribution in [0.25, 0.3) is 0 Å². The quantitative estimate of drug-likeness (QED) is 0.838. The minimum Gasteiger partial charge on any atom is -0.285 e. The molecular weight excluding hydrogens is 261 g/mol. The third-order valence-electron chi connectivity index (χ3n) is 3.95. The van der Waals surface area contributed by atoms with Crippen molar-refractivity contribution >= 4 is 18.7 Å². The van der Waals surface area contributed by atoms with Crippen molar-refractivity contribution in [1.82, 2.24) is 5.09 Å². The molecule has 0 heterocycles. The van der Waals surface area contributed by atoms with Crippen LogP contribution in [0.15, 0.2) is 60.7 Å². The fourth-order valence-corrected chi connectivity index (χ4v) is 5.03. The summed E-state index contributed by atoms with van der Waals surface area (Å²) in [6.07, 6.45) is 6.83. The van der Waals surface area contributed by atoms with Gasteiger partial charge in [0.1, 0.15) is 0 Å². The van der Waals surface area contributed by atoms with E-state index < -0.39 is 8.07 Å². The van der Waals surface area contributed by atoms with Gasteiger partial charge in [-0.1, -0.05) is 79.9 Å². The second-order valence-corrected chi connectivity index (χ2v) is 7.43. The van der Waals surface area contributed by atoms with E-state index in [2.05, 4.69) is 65.8 Å². The highest BCUT2D eigenvalue weighted by molar-refractivity contribution is 7.71. The minimum atomic E-state index is -0.424. The lowest BCUT2D eigenvalue weighted by molar-refractivity contribution is 0.422. The smallest absolute Gasteiger partial charge is 0.0255 e. The Kier molecular flexibility index (Phi) is 4.84. The standard InChI is InChI=1S/C18H22NP/c1-4-10-16(11-5-1)19-20(17-12-6-2-7-13-17)18-14-8-3-9-15-18/h2-3,6-9,12-16,19H,1,4-5,10-11H2. The molecule has 0 aromatic heterocycles. The Morgan fingerprint density at radius 1 is 0.700 bits per heavy atom. The summed E-state index contributed by atoms with van der Waals surface area (Å²) >= 11 is 0. The monoisotopic (exact) mass is 283 g/mol. The van der Waals surface area contributed by atoms with E-state index in [1.807, 2.05) is 0 Å². The molecule has 1 aliphatic rings. The number of nitrogens with one attached hydrogen (secondary N) is 1. The molecule has 1 aliphatic carbocycles. The second-order valence-electron chi connectivity index (χ2n) is 5.47. The van der Waals surface area contributed by atoms with Crippen molar-refractivity contribution in [2.75, 3.05) is 0 Å². The van der Waals surface area contributed by atoms with Crippen LogP contribution in [0.4, 0.5) is 0 Å².